The maximum absolute atomic E-state index is 3.54. The lowest BCUT2D eigenvalue weighted by atomic mass is 10.1. The van der Waals surface area contributed by atoms with E-state index in [0.29, 0.717) is 6.04 Å². The summed E-state index contributed by atoms with van der Waals surface area (Å²) >= 11 is 0. The second-order valence-electron chi connectivity index (χ2n) is 4.25. The van der Waals surface area contributed by atoms with Crippen molar-refractivity contribution >= 4 is 5.69 Å². The van der Waals surface area contributed by atoms with Crippen LogP contribution in [0.5, 0.6) is 0 Å². The smallest absolute Gasteiger partial charge is 0.0411 e. The number of hydrogen-bond acceptors (Lipinski definition) is 2. The summed E-state index contributed by atoms with van der Waals surface area (Å²) in [7, 11) is 2.14. The molecule has 1 aromatic carbocycles. The molecule has 0 aliphatic rings. The number of rotatable bonds is 6. The molecule has 0 radical (unpaired) electrons. The molecule has 0 fully saturated rings. The summed E-state index contributed by atoms with van der Waals surface area (Å²) in [6.45, 7) is 8.73. The van der Waals surface area contributed by atoms with Crippen LogP contribution in [0.4, 0.5) is 5.69 Å². The molecule has 1 aromatic rings. The Labute approximate surface area is 99.7 Å². The zero-order valence-corrected chi connectivity index (χ0v) is 11.0. The van der Waals surface area contributed by atoms with E-state index in [1.165, 1.54) is 17.7 Å². The summed E-state index contributed by atoms with van der Waals surface area (Å²) < 4.78 is 0. The molecule has 2 nitrogen and oxygen atoms in total. The highest BCUT2D eigenvalue weighted by Crippen LogP contribution is 2.25. The summed E-state index contributed by atoms with van der Waals surface area (Å²) in [5.74, 6) is 0. The Morgan fingerprint density at radius 3 is 2.56 bits per heavy atom. The third-order valence-corrected chi connectivity index (χ3v) is 2.99. The molecule has 0 aliphatic carbocycles. The summed E-state index contributed by atoms with van der Waals surface area (Å²) in [5.41, 5.74) is 2.72. The Morgan fingerprint density at radius 2 is 1.94 bits per heavy atom. The molecule has 0 spiro atoms. The summed E-state index contributed by atoms with van der Waals surface area (Å²) in [5, 5.41) is 3.54. The van der Waals surface area contributed by atoms with E-state index >= 15 is 0 Å². The molecule has 1 unspecified atom stereocenters. The lowest BCUT2D eigenvalue weighted by Gasteiger charge is -2.24. The van der Waals surface area contributed by atoms with Crippen LogP contribution in [0.1, 0.15) is 38.8 Å². The first-order chi connectivity index (χ1) is 7.70. The molecule has 1 rings (SSSR count). The largest absolute Gasteiger partial charge is 0.375 e. The molecule has 0 aromatic heterocycles. The predicted molar refractivity (Wildman–Crippen MR) is 72.1 cm³/mol. The Morgan fingerprint density at radius 1 is 1.25 bits per heavy atom. The van der Waals surface area contributed by atoms with Crippen molar-refractivity contribution in [3.63, 3.8) is 0 Å². The van der Waals surface area contributed by atoms with E-state index in [1.54, 1.807) is 0 Å². The Hall–Kier alpha value is -1.02. The second-order valence-corrected chi connectivity index (χ2v) is 4.25. The van der Waals surface area contributed by atoms with Gasteiger partial charge < -0.3 is 10.2 Å². The summed E-state index contributed by atoms with van der Waals surface area (Å²) in [6, 6.07) is 9.06. The van der Waals surface area contributed by atoms with Gasteiger partial charge in [-0.05, 0) is 38.4 Å². The first-order valence-corrected chi connectivity index (χ1v) is 6.24. The molecule has 0 amide bonds. The fraction of sp³-hybridized carbons (Fsp3) is 0.571. The molecule has 90 valence electrons. The topological polar surface area (TPSA) is 15.3 Å². The minimum Gasteiger partial charge on any atom is -0.375 e. The van der Waals surface area contributed by atoms with Crippen LogP contribution < -0.4 is 10.2 Å². The Bertz CT molecular complexity index is 309. The Kier molecular flexibility index (Phi) is 5.33. The number of nitrogens with zero attached hydrogens (tertiary/aromatic N) is 1. The van der Waals surface area contributed by atoms with Crippen molar-refractivity contribution in [1.29, 1.82) is 0 Å². The standard InChI is InChI=1S/C14H24N2/c1-5-11-15-12(3)13-9-7-8-10-14(13)16(4)6-2/h7-10,12,15H,5-6,11H2,1-4H3. The number of nitrogens with one attached hydrogen (secondary N) is 1. The quantitative estimate of drug-likeness (QED) is 0.792. The molecule has 0 saturated carbocycles. The molecule has 1 N–H and O–H groups in total. The fourth-order valence-corrected chi connectivity index (χ4v) is 1.84. The van der Waals surface area contributed by atoms with E-state index in [4.69, 9.17) is 0 Å². The average Bonchev–Trinajstić information content (AvgIpc) is 2.35. The van der Waals surface area contributed by atoms with Crippen molar-refractivity contribution < 1.29 is 0 Å². The minimum absolute atomic E-state index is 0.421. The van der Waals surface area contributed by atoms with Crippen LogP contribution in [-0.4, -0.2) is 20.1 Å². The van der Waals surface area contributed by atoms with Crippen molar-refractivity contribution in [2.24, 2.45) is 0 Å². The van der Waals surface area contributed by atoms with Crippen LogP contribution in [0.3, 0.4) is 0 Å². The van der Waals surface area contributed by atoms with Crippen LogP contribution >= 0.6 is 0 Å². The van der Waals surface area contributed by atoms with Crippen molar-refractivity contribution in [1.82, 2.24) is 5.32 Å². The molecule has 16 heavy (non-hydrogen) atoms. The monoisotopic (exact) mass is 220 g/mol. The van der Waals surface area contributed by atoms with Crippen LogP contribution in [0.25, 0.3) is 0 Å². The average molecular weight is 220 g/mol. The number of anilines is 1. The Balaban J connectivity index is 2.85. The van der Waals surface area contributed by atoms with E-state index in [9.17, 15) is 0 Å². The normalized spacial score (nSPS) is 12.5. The van der Waals surface area contributed by atoms with E-state index < -0.39 is 0 Å². The minimum atomic E-state index is 0.421. The van der Waals surface area contributed by atoms with Gasteiger partial charge in [-0.1, -0.05) is 25.1 Å². The molecule has 0 aliphatic heterocycles. The van der Waals surface area contributed by atoms with E-state index in [-0.39, 0.29) is 0 Å². The van der Waals surface area contributed by atoms with Crippen LogP contribution in [-0.2, 0) is 0 Å². The van der Waals surface area contributed by atoms with Gasteiger partial charge in [0.25, 0.3) is 0 Å². The van der Waals surface area contributed by atoms with E-state index in [2.05, 4.69) is 62.3 Å². The van der Waals surface area contributed by atoms with E-state index in [0.717, 1.165) is 13.1 Å². The number of benzene rings is 1. The molecule has 0 saturated heterocycles. The molecular weight excluding hydrogens is 196 g/mol. The van der Waals surface area contributed by atoms with Crippen LogP contribution in [0.15, 0.2) is 24.3 Å². The van der Waals surface area contributed by atoms with Crippen molar-refractivity contribution in [3.05, 3.63) is 29.8 Å². The maximum atomic E-state index is 3.54. The van der Waals surface area contributed by atoms with Crippen molar-refractivity contribution in [3.8, 4) is 0 Å². The number of hydrogen-bond donors (Lipinski definition) is 1. The number of para-hydroxylation sites is 1. The lowest BCUT2D eigenvalue weighted by Crippen LogP contribution is -2.23. The molecule has 0 heterocycles. The molecule has 1 atom stereocenters. The SMILES string of the molecule is CCCNC(C)c1ccccc1N(C)CC. The van der Waals surface area contributed by atoms with Gasteiger partial charge in [0.2, 0.25) is 0 Å². The van der Waals surface area contributed by atoms with E-state index in [1.807, 2.05) is 0 Å². The van der Waals surface area contributed by atoms with Crippen LogP contribution in [0, 0.1) is 0 Å². The third-order valence-electron chi connectivity index (χ3n) is 2.99. The van der Waals surface area contributed by atoms with Gasteiger partial charge in [-0.15, -0.1) is 0 Å². The molecular formula is C14H24N2. The van der Waals surface area contributed by atoms with Crippen LogP contribution in [0.2, 0.25) is 0 Å². The van der Waals surface area contributed by atoms with Gasteiger partial charge >= 0.3 is 0 Å². The highest BCUT2D eigenvalue weighted by molar-refractivity contribution is 5.54. The van der Waals surface area contributed by atoms with Crippen molar-refractivity contribution in [2.75, 3.05) is 25.0 Å². The zero-order valence-electron chi connectivity index (χ0n) is 11.0. The first-order valence-electron chi connectivity index (χ1n) is 6.24. The first kappa shape index (κ1) is 13.0. The van der Waals surface area contributed by atoms with Gasteiger partial charge in [-0.2, -0.15) is 0 Å². The highest BCUT2D eigenvalue weighted by Gasteiger charge is 2.11. The summed E-state index contributed by atoms with van der Waals surface area (Å²) in [4.78, 5) is 2.29. The second kappa shape index (κ2) is 6.54. The van der Waals surface area contributed by atoms with Gasteiger partial charge in [0.15, 0.2) is 0 Å². The van der Waals surface area contributed by atoms with Gasteiger partial charge in [-0.3, -0.25) is 0 Å². The fourth-order valence-electron chi connectivity index (χ4n) is 1.84. The molecule has 0 bridgehead atoms. The predicted octanol–water partition coefficient (Wildman–Crippen LogP) is 3.20. The molecule has 2 heteroatoms. The van der Waals surface area contributed by atoms with Crippen molar-refractivity contribution in [2.45, 2.75) is 33.2 Å². The zero-order chi connectivity index (χ0) is 12.0. The maximum Gasteiger partial charge on any atom is 0.0411 e. The van der Waals surface area contributed by atoms with Gasteiger partial charge in [0, 0.05) is 25.3 Å². The van der Waals surface area contributed by atoms with Gasteiger partial charge in [0.1, 0.15) is 0 Å². The van der Waals surface area contributed by atoms with Gasteiger partial charge in [0.05, 0.1) is 0 Å². The summed E-state index contributed by atoms with van der Waals surface area (Å²) in [6.07, 6.45) is 1.18. The van der Waals surface area contributed by atoms with Gasteiger partial charge in [-0.25, -0.2) is 0 Å². The lowest BCUT2D eigenvalue weighted by molar-refractivity contribution is 0.570. The highest BCUT2D eigenvalue weighted by atomic mass is 15.1. The third kappa shape index (κ3) is 3.24.